The van der Waals surface area contributed by atoms with Gasteiger partial charge < -0.3 is 20.1 Å². The zero-order valence-electron chi connectivity index (χ0n) is 18.4. The Kier molecular flexibility index (Phi) is 5.88. The lowest BCUT2D eigenvalue weighted by Crippen LogP contribution is -2.63. The van der Waals surface area contributed by atoms with E-state index < -0.39 is 38.3 Å². The highest BCUT2D eigenvalue weighted by atomic mass is 32.2. The lowest BCUT2D eigenvalue weighted by Gasteiger charge is -2.40. The molecule has 2 fully saturated rings. The van der Waals surface area contributed by atoms with E-state index in [1.807, 2.05) is 4.90 Å². The Morgan fingerprint density at radius 3 is 2.21 bits per heavy atom. The number of carbonyl (C=O) groups is 2. The number of ether oxygens (including phenoxy) is 2. The SMILES string of the molecule is COc1cc2nc(N3CCC([N+]4(CS(=O)(=O)O)C(=O)CCC4=O)CC3)nc(N)c2cc1OC. The molecular weight excluding hydrogens is 454 g/mol. The number of nitrogens with zero attached hydrogens (tertiary/aromatic N) is 4. The van der Waals surface area contributed by atoms with Crippen LogP contribution in [0.4, 0.5) is 11.8 Å². The third kappa shape index (κ3) is 4.07. The number of fused-ring (bicyclic) bond motifs is 1. The van der Waals surface area contributed by atoms with Crippen LogP contribution in [-0.4, -0.2) is 78.5 Å². The van der Waals surface area contributed by atoms with Crippen LogP contribution in [0.2, 0.25) is 0 Å². The van der Waals surface area contributed by atoms with Gasteiger partial charge in [-0.15, -0.1) is 0 Å². The predicted octanol–water partition coefficient (Wildman–Crippen LogP) is 0.707. The number of nitrogens with two attached hydrogens (primary N) is 1. The van der Waals surface area contributed by atoms with Crippen LogP contribution in [0.5, 0.6) is 11.5 Å². The van der Waals surface area contributed by atoms with Crippen molar-refractivity contribution in [2.45, 2.75) is 31.7 Å². The Bertz CT molecular complexity index is 1210. The van der Waals surface area contributed by atoms with E-state index in [0.29, 0.717) is 54.3 Å². The van der Waals surface area contributed by atoms with Crippen LogP contribution in [0.1, 0.15) is 25.7 Å². The number of quaternary nitrogens is 1. The van der Waals surface area contributed by atoms with Gasteiger partial charge in [0.2, 0.25) is 11.8 Å². The minimum absolute atomic E-state index is 0.0236. The summed E-state index contributed by atoms with van der Waals surface area (Å²) in [6.07, 6.45) is 0.648. The fraction of sp³-hybridized carbons (Fsp3) is 0.500. The maximum absolute atomic E-state index is 12.6. The average Bonchev–Trinajstić information content (AvgIpc) is 3.06. The number of piperidine rings is 1. The van der Waals surface area contributed by atoms with Gasteiger partial charge in [0, 0.05) is 37.4 Å². The van der Waals surface area contributed by atoms with Gasteiger partial charge in [-0.1, -0.05) is 0 Å². The van der Waals surface area contributed by atoms with Crippen molar-refractivity contribution >= 4 is 44.6 Å². The minimum atomic E-state index is -4.54. The first kappa shape index (κ1) is 23.1. The summed E-state index contributed by atoms with van der Waals surface area (Å²) in [6, 6.07) is 2.86. The summed E-state index contributed by atoms with van der Waals surface area (Å²) in [6.45, 7) is 0.768. The van der Waals surface area contributed by atoms with Crippen LogP contribution in [-0.2, 0) is 19.7 Å². The summed E-state index contributed by atoms with van der Waals surface area (Å²) in [4.78, 5) is 36.2. The number of likely N-dealkylation sites (tertiary alicyclic amines) is 1. The predicted molar refractivity (Wildman–Crippen MR) is 118 cm³/mol. The van der Waals surface area contributed by atoms with Crippen LogP contribution in [0.25, 0.3) is 10.9 Å². The molecule has 2 amide bonds. The molecule has 33 heavy (non-hydrogen) atoms. The molecule has 1 aromatic heterocycles. The van der Waals surface area contributed by atoms with Crippen molar-refractivity contribution in [1.82, 2.24) is 9.97 Å². The van der Waals surface area contributed by atoms with Crippen LogP contribution >= 0.6 is 0 Å². The lowest BCUT2D eigenvalue weighted by atomic mass is 10.0. The number of carbonyl (C=O) groups excluding carboxylic acids is 2. The average molecular weight is 481 g/mol. The van der Waals surface area contributed by atoms with E-state index >= 15 is 0 Å². The van der Waals surface area contributed by atoms with Crippen LogP contribution in [0, 0.1) is 0 Å². The Morgan fingerprint density at radius 2 is 1.67 bits per heavy atom. The maximum atomic E-state index is 12.6. The molecule has 2 saturated heterocycles. The molecule has 2 aromatic rings. The van der Waals surface area contributed by atoms with Gasteiger partial charge >= 0.3 is 21.9 Å². The van der Waals surface area contributed by atoms with E-state index in [-0.39, 0.29) is 18.7 Å². The van der Waals surface area contributed by atoms with Crippen molar-refractivity contribution in [1.29, 1.82) is 0 Å². The second-order valence-corrected chi connectivity index (χ2v) is 9.64. The summed E-state index contributed by atoms with van der Waals surface area (Å²) in [7, 11) is -1.50. The van der Waals surface area contributed by atoms with Gasteiger partial charge in [-0.25, -0.2) is 14.6 Å². The molecular formula is C20H26N5O7S+. The van der Waals surface area contributed by atoms with Crippen molar-refractivity contribution < 1.29 is 36.5 Å². The summed E-state index contributed by atoms with van der Waals surface area (Å²) >= 11 is 0. The molecule has 0 radical (unpaired) electrons. The highest BCUT2D eigenvalue weighted by Gasteiger charge is 2.57. The van der Waals surface area contributed by atoms with Crippen LogP contribution in [0.3, 0.4) is 0 Å². The van der Waals surface area contributed by atoms with E-state index in [2.05, 4.69) is 9.97 Å². The topological polar surface area (TPSA) is 162 Å². The van der Waals surface area contributed by atoms with Crippen molar-refractivity contribution in [3.63, 3.8) is 0 Å². The largest absolute Gasteiger partial charge is 0.493 e. The molecule has 2 aliphatic rings. The Hall–Kier alpha value is -3.03. The summed E-state index contributed by atoms with van der Waals surface area (Å²) < 4.78 is 42.5. The van der Waals surface area contributed by atoms with Gasteiger partial charge in [-0.2, -0.15) is 17.9 Å². The molecule has 0 unspecified atom stereocenters. The normalized spacial score (nSPS) is 19.3. The van der Waals surface area contributed by atoms with Gasteiger partial charge in [-0.3, -0.25) is 4.55 Å². The highest BCUT2D eigenvalue weighted by Crippen LogP contribution is 2.36. The Labute approximate surface area is 190 Å². The van der Waals surface area contributed by atoms with E-state index in [9.17, 15) is 22.6 Å². The van der Waals surface area contributed by atoms with Gasteiger partial charge in [0.15, 0.2) is 11.5 Å². The minimum Gasteiger partial charge on any atom is -0.493 e. The van der Waals surface area contributed by atoms with Crippen LogP contribution < -0.4 is 20.1 Å². The number of methoxy groups -OCH3 is 2. The molecule has 12 nitrogen and oxygen atoms in total. The van der Waals surface area contributed by atoms with E-state index in [1.165, 1.54) is 14.2 Å². The first-order valence-corrected chi connectivity index (χ1v) is 12.0. The lowest BCUT2D eigenvalue weighted by molar-refractivity contribution is -0.790. The molecule has 3 N–H and O–H groups in total. The molecule has 0 atom stereocenters. The van der Waals surface area contributed by atoms with Gasteiger partial charge in [0.1, 0.15) is 11.9 Å². The molecule has 1 aromatic carbocycles. The fourth-order valence-corrected chi connectivity index (χ4v) is 5.79. The van der Waals surface area contributed by atoms with Gasteiger partial charge in [0.05, 0.1) is 32.6 Å². The van der Waals surface area contributed by atoms with E-state index in [1.54, 1.807) is 12.1 Å². The summed E-state index contributed by atoms with van der Waals surface area (Å²) in [5, 5.41) is 0.609. The van der Waals surface area contributed by atoms with Crippen molar-refractivity contribution in [3.05, 3.63) is 12.1 Å². The van der Waals surface area contributed by atoms with Gasteiger partial charge in [0.25, 0.3) is 0 Å². The second kappa shape index (κ2) is 8.39. The van der Waals surface area contributed by atoms with Crippen molar-refractivity contribution in [2.24, 2.45) is 0 Å². The monoisotopic (exact) mass is 480 g/mol. The Morgan fingerprint density at radius 1 is 1.09 bits per heavy atom. The van der Waals surface area contributed by atoms with E-state index in [0.717, 1.165) is 0 Å². The highest BCUT2D eigenvalue weighted by molar-refractivity contribution is 7.85. The summed E-state index contributed by atoms with van der Waals surface area (Å²) in [5.41, 5.74) is 6.74. The molecule has 0 saturated carbocycles. The van der Waals surface area contributed by atoms with Crippen molar-refractivity contribution in [2.75, 3.05) is 43.8 Å². The first-order chi connectivity index (χ1) is 15.6. The molecule has 0 aliphatic carbocycles. The number of aromatic nitrogens is 2. The Balaban J connectivity index is 1.61. The molecule has 0 bridgehead atoms. The third-order valence-electron chi connectivity index (χ3n) is 6.40. The molecule has 4 rings (SSSR count). The van der Waals surface area contributed by atoms with E-state index in [4.69, 9.17) is 15.2 Å². The maximum Gasteiger partial charge on any atom is 0.322 e. The standard InChI is InChI=1S/C20H25N5O7S/c1-31-15-9-13-14(10-16(15)32-2)22-20(23-19(13)21)24-7-5-12(6-8-24)25(11-33(28,29)30)17(26)3-4-18(25)27/h9-10,12H,3-8,11H2,1-2H3,(H2-,21,22,23,28,29,30)/p+1. The molecule has 13 heteroatoms. The first-order valence-electron chi connectivity index (χ1n) is 10.4. The number of anilines is 2. The second-order valence-electron chi connectivity index (χ2n) is 8.22. The third-order valence-corrected chi connectivity index (χ3v) is 7.13. The van der Waals surface area contributed by atoms with Crippen LogP contribution in [0.15, 0.2) is 12.1 Å². The zero-order valence-corrected chi connectivity index (χ0v) is 19.2. The molecule has 178 valence electrons. The number of hydrogen-bond acceptors (Lipinski definition) is 10. The van der Waals surface area contributed by atoms with Crippen molar-refractivity contribution in [3.8, 4) is 11.5 Å². The molecule has 0 spiro atoms. The quantitative estimate of drug-likeness (QED) is 0.340. The fourth-order valence-electron chi connectivity index (χ4n) is 4.78. The smallest absolute Gasteiger partial charge is 0.322 e. The number of imide groups is 1. The number of nitrogen functional groups attached to an aromatic ring is 1. The number of amides is 2. The number of hydrogen-bond donors (Lipinski definition) is 2. The molecule has 2 aliphatic heterocycles. The number of rotatable bonds is 6. The molecule has 3 heterocycles. The van der Waals surface area contributed by atoms with Gasteiger partial charge in [-0.05, 0) is 6.07 Å². The summed E-state index contributed by atoms with van der Waals surface area (Å²) in [5.74, 6) is -0.219. The zero-order chi connectivity index (χ0) is 24.0. The number of benzene rings is 1.